The van der Waals surface area contributed by atoms with E-state index in [0.717, 1.165) is 25.7 Å². The molecule has 4 atom stereocenters. The van der Waals surface area contributed by atoms with Crippen LogP contribution in [0.2, 0.25) is 0 Å². The maximum atomic E-state index is 12.2. The molecule has 4 N–H and O–H groups in total. The molecule has 2 saturated carbocycles. The molecule has 2 aliphatic rings. The molecule has 2 amide bonds. The Morgan fingerprint density at radius 3 is 1.23 bits per heavy atom. The third kappa shape index (κ3) is 5.19. The molecule has 0 aliphatic heterocycles. The van der Waals surface area contributed by atoms with Crippen LogP contribution in [-0.2, 0) is 19.2 Å². The Morgan fingerprint density at radius 1 is 0.615 bits per heavy atom. The smallest absolute Gasteiger partial charge is 0.307 e. The maximum Gasteiger partial charge on any atom is 0.307 e. The van der Waals surface area contributed by atoms with Gasteiger partial charge in [0, 0.05) is 13.1 Å². The van der Waals surface area contributed by atoms with E-state index in [1.807, 2.05) is 0 Å². The first-order valence-electron chi connectivity index (χ1n) is 9.43. The van der Waals surface area contributed by atoms with E-state index in [1.54, 1.807) is 0 Å². The lowest BCUT2D eigenvalue weighted by Gasteiger charge is -2.28. The third-order valence-electron chi connectivity index (χ3n) is 5.56. The predicted octanol–water partition coefficient (Wildman–Crippen LogP) is 1.00. The normalized spacial score (nSPS) is 28.8. The van der Waals surface area contributed by atoms with Gasteiger partial charge in [-0.2, -0.15) is 0 Å². The maximum absolute atomic E-state index is 12.2. The van der Waals surface area contributed by atoms with Crippen LogP contribution >= 0.6 is 0 Å². The van der Waals surface area contributed by atoms with Crippen molar-refractivity contribution >= 4 is 23.8 Å². The van der Waals surface area contributed by atoms with Gasteiger partial charge in [-0.15, -0.1) is 0 Å². The van der Waals surface area contributed by atoms with Crippen molar-refractivity contribution in [1.82, 2.24) is 10.6 Å². The standard InChI is InChI=1S/C18H28N2O6/c21-15(11-5-1-3-7-13(11)17(23)24)19-9-10-20-16(22)12-6-2-4-8-14(12)18(25)26/h11-14H,1-10H2,(H,19,21)(H,20,22)(H,23,24)(H,25,26)/t11-,12-,13-,14+/m1/s1. The van der Waals surface area contributed by atoms with Crippen LogP contribution in [0, 0.1) is 23.7 Å². The molecule has 0 saturated heterocycles. The minimum atomic E-state index is -0.935. The molecule has 2 rings (SSSR count). The number of nitrogens with one attached hydrogen (secondary N) is 2. The molecule has 146 valence electrons. The molecule has 0 unspecified atom stereocenters. The summed E-state index contributed by atoms with van der Waals surface area (Å²) in [5.41, 5.74) is 0. The van der Waals surface area contributed by atoms with E-state index in [4.69, 9.17) is 0 Å². The van der Waals surface area contributed by atoms with E-state index in [2.05, 4.69) is 10.6 Å². The molecule has 0 aromatic carbocycles. The first-order chi connectivity index (χ1) is 12.4. The molecule has 2 fully saturated rings. The van der Waals surface area contributed by atoms with Crippen LogP contribution in [0.15, 0.2) is 0 Å². The number of carboxylic acid groups (broad SMARTS) is 2. The lowest BCUT2D eigenvalue weighted by Crippen LogP contribution is -2.44. The molecule has 26 heavy (non-hydrogen) atoms. The van der Waals surface area contributed by atoms with Gasteiger partial charge in [-0.3, -0.25) is 19.2 Å². The minimum Gasteiger partial charge on any atom is -0.481 e. The average molecular weight is 368 g/mol. The number of carboxylic acids is 2. The van der Waals surface area contributed by atoms with Crippen LogP contribution in [0.25, 0.3) is 0 Å². The topological polar surface area (TPSA) is 133 Å². The van der Waals surface area contributed by atoms with Crippen LogP contribution < -0.4 is 10.6 Å². The van der Waals surface area contributed by atoms with Crippen LogP contribution in [0.5, 0.6) is 0 Å². The summed E-state index contributed by atoms with van der Waals surface area (Å²) in [6, 6.07) is 0. The summed E-state index contributed by atoms with van der Waals surface area (Å²) in [6.45, 7) is 0.412. The minimum absolute atomic E-state index is 0.206. The van der Waals surface area contributed by atoms with E-state index < -0.39 is 35.6 Å². The van der Waals surface area contributed by atoms with Gasteiger partial charge in [0.1, 0.15) is 0 Å². The largest absolute Gasteiger partial charge is 0.481 e. The number of hydrogen-bond acceptors (Lipinski definition) is 4. The van der Waals surface area contributed by atoms with Gasteiger partial charge in [0.15, 0.2) is 0 Å². The van der Waals surface area contributed by atoms with Gasteiger partial charge in [0.05, 0.1) is 23.7 Å². The van der Waals surface area contributed by atoms with Gasteiger partial charge in [0.2, 0.25) is 11.8 Å². The quantitative estimate of drug-likeness (QED) is 0.496. The van der Waals surface area contributed by atoms with Crippen molar-refractivity contribution in [3.63, 3.8) is 0 Å². The number of hydrogen-bond donors (Lipinski definition) is 4. The van der Waals surface area contributed by atoms with Crippen molar-refractivity contribution in [1.29, 1.82) is 0 Å². The van der Waals surface area contributed by atoms with Gasteiger partial charge >= 0.3 is 11.9 Å². The summed E-state index contributed by atoms with van der Waals surface area (Å²) in [7, 11) is 0. The zero-order valence-electron chi connectivity index (χ0n) is 14.9. The van der Waals surface area contributed by atoms with Gasteiger partial charge in [-0.1, -0.05) is 25.7 Å². The summed E-state index contributed by atoms with van der Waals surface area (Å²) in [5, 5.41) is 23.9. The number of amides is 2. The molecule has 0 aromatic rings. The van der Waals surface area contributed by atoms with Gasteiger partial charge in [-0.05, 0) is 25.7 Å². The number of carbonyl (C=O) groups excluding carboxylic acids is 2. The predicted molar refractivity (Wildman–Crippen MR) is 92.2 cm³/mol. The van der Waals surface area contributed by atoms with Crippen molar-refractivity contribution in [2.45, 2.75) is 51.4 Å². The lowest BCUT2D eigenvalue weighted by molar-refractivity contribution is -0.149. The van der Waals surface area contributed by atoms with Crippen molar-refractivity contribution in [3.05, 3.63) is 0 Å². The zero-order chi connectivity index (χ0) is 19.1. The highest BCUT2D eigenvalue weighted by atomic mass is 16.4. The zero-order valence-corrected chi connectivity index (χ0v) is 14.9. The Balaban J connectivity index is 1.75. The molecule has 0 heterocycles. The Hall–Kier alpha value is -2.12. The highest BCUT2D eigenvalue weighted by Crippen LogP contribution is 2.31. The molecule has 8 nitrogen and oxygen atoms in total. The van der Waals surface area contributed by atoms with E-state index in [9.17, 15) is 29.4 Å². The second-order valence-electron chi connectivity index (χ2n) is 7.25. The molecule has 0 bridgehead atoms. The molecule has 0 radical (unpaired) electrons. The van der Waals surface area contributed by atoms with Gasteiger partial charge in [-0.25, -0.2) is 0 Å². The fraction of sp³-hybridized carbons (Fsp3) is 0.778. The summed E-state index contributed by atoms with van der Waals surface area (Å²) < 4.78 is 0. The molecule has 2 aliphatic carbocycles. The van der Waals surface area contributed by atoms with Crippen molar-refractivity contribution in [3.8, 4) is 0 Å². The molecular weight excluding hydrogens is 340 g/mol. The Bertz CT molecular complexity index is 502. The summed E-state index contributed by atoms with van der Waals surface area (Å²) >= 11 is 0. The van der Waals surface area contributed by atoms with Crippen molar-refractivity contribution in [2.75, 3.05) is 13.1 Å². The third-order valence-corrected chi connectivity index (χ3v) is 5.56. The molecule has 8 heteroatoms. The van der Waals surface area contributed by atoms with Gasteiger partial charge < -0.3 is 20.8 Å². The highest BCUT2D eigenvalue weighted by molar-refractivity contribution is 5.86. The van der Waals surface area contributed by atoms with Gasteiger partial charge in [0.25, 0.3) is 0 Å². The van der Waals surface area contributed by atoms with E-state index in [0.29, 0.717) is 25.7 Å². The van der Waals surface area contributed by atoms with Crippen molar-refractivity contribution < 1.29 is 29.4 Å². The Kier molecular flexibility index (Phi) is 7.41. The highest BCUT2D eigenvalue weighted by Gasteiger charge is 2.36. The first-order valence-corrected chi connectivity index (χ1v) is 9.43. The average Bonchev–Trinajstić information content (AvgIpc) is 2.64. The second-order valence-corrected chi connectivity index (χ2v) is 7.25. The van der Waals surface area contributed by atoms with Crippen LogP contribution in [0.1, 0.15) is 51.4 Å². The SMILES string of the molecule is O=C(O)[C@H]1CCCC[C@H]1C(=O)NCCNC(=O)[C@@H]1CCCC[C@H]1C(=O)O. The lowest BCUT2D eigenvalue weighted by atomic mass is 9.78. The first kappa shape index (κ1) is 20.2. The Labute approximate surface area is 152 Å². The monoisotopic (exact) mass is 368 g/mol. The van der Waals surface area contributed by atoms with E-state index >= 15 is 0 Å². The van der Waals surface area contributed by atoms with Crippen LogP contribution in [0.4, 0.5) is 0 Å². The van der Waals surface area contributed by atoms with E-state index in [1.165, 1.54) is 0 Å². The number of carbonyl (C=O) groups is 4. The van der Waals surface area contributed by atoms with Crippen LogP contribution in [-0.4, -0.2) is 47.1 Å². The summed E-state index contributed by atoms with van der Waals surface area (Å²) in [4.78, 5) is 47.0. The summed E-state index contributed by atoms with van der Waals surface area (Å²) in [6.07, 6.45) is 5.50. The number of rotatable bonds is 7. The molecule has 0 aromatic heterocycles. The number of aliphatic carboxylic acids is 2. The van der Waals surface area contributed by atoms with Crippen LogP contribution in [0.3, 0.4) is 0 Å². The fourth-order valence-electron chi connectivity index (χ4n) is 4.11. The van der Waals surface area contributed by atoms with E-state index in [-0.39, 0.29) is 24.9 Å². The van der Waals surface area contributed by atoms with Crippen molar-refractivity contribution in [2.24, 2.45) is 23.7 Å². The fourth-order valence-corrected chi connectivity index (χ4v) is 4.11. The summed E-state index contributed by atoms with van der Waals surface area (Å²) in [5.74, 6) is -4.77. The molecular formula is C18H28N2O6. The molecule has 0 spiro atoms. The second kappa shape index (κ2) is 9.54. The Morgan fingerprint density at radius 2 is 0.923 bits per heavy atom.